The summed E-state index contributed by atoms with van der Waals surface area (Å²) in [7, 11) is 0. The van der Waals surface area contributed by atoms with Crippen molar-refractivity contribution < 1.29 is 4.74 Å². The van der Waals surface area contributed by atoms with E-state index in [-0.39, 0.29) is 0 Å². The van der Waals surface area contributed by atoms with Gasteiger partial charge >= 0.3 is 0 Å². The minimum atomic E-state index is 0.416. The van der Waals surface area contributed by atoms with Crippen molar-refractivity contribution in [3.8, 4) is 0 Å². The number of morpholine rings is 1. The Morgan fingerprint density at radius 1 is 1.64 bits per heavy atom. The fourth-order valence-corrected chi connectivity index (χ4v) is 1.67. The third-order valence-corrected chi connectivity index (χ3v) is 2.50. The molecular formula is C10H17N3O. The van der Waals surface area contributed by atoms with E-state index in [0.717, 1.165) is 38.4 Å². The van der Waals surface area contributed by atoms with Crippen LogP contribution in [0.25, 0.3) is 0 Å². The minimum Gasteiger partial charge on any atom is -0.379 e. The standard InChI is InChI=1S/C10H17N3O/c1-2-8-6-12-10(13-8)5-9-7-14-4-3-11-9/h6,9,11H,2-5,7H2,1H3,(H,12,13). The highest BCUT2D eigenvalue weighted by Crippen LogP contribution is 2.03. The quantitative estimate of drug-likeness (QED) is 0.738. The van der Waals surface area contributed by atoms with Crippen LogP contribution in [0, 0.1) is 0 Å². The summed E-state index contributed by atoms with van der Waals surface area (Å²) in [6.45, 7) is 4.70. The van der Waals surface area contributed by atoms with Gasteiger partial charge in [-0.15, -0.1) is 0 Å². The summed E-state index contributed by atoms with van der Waals surface area (Å²) in [5.41, 5.74) is 1.21. The third kappa shape index (κ3) is 2.33. The van der Waals surface area contributed by atoms with E-state index in [4.69, 9.17) is 4.74 Å². The monoisotopic (exact) mass is 195 g/mol. The molecule has 14 heavy (non-hydrogen) atoms. The van der Waals surface area contributed by atoms with E-state index in [1.807, 2.05) is 6.20 Å². The van der Waals surface area contributed by atoms with Crippen LogP contribution < -0.4 is 5.32 Å². The van der Waals surface area contributed by atoms with Crippen LogP contribution >= 0.6 is 0 Å². The molecule has 4 heteroatoms. The van der Waals surface area contributed by atoms with E-state index in [1.165, 1.54) is 5.69 Å². The van der Waals surface area contributed by atoms with Gasteiger partial charge in [-0.1, -0.05) is 6.92 Å². The van der Waals surface area contributed by atoms with Gasteiger partial charge in [-0.05, 0) is 6.42 Å². The molecule has 0 saturated carbocycles. The summed E-state index contributed by atoms with van der Waals surface area (Å²) in [5, 5.41) is 3.41. The maximum absolute atomic E-state index is 5.38. The number of imidazole rings is 1. The van der Waals surface area contributed by atoms with E-state index < -0.39 is 0 Å². The van der Waals surface area contributed by atoms with Crippen LogP contribution in [0.2, 0.25) is 0 Å². The lowest BCUT2D eigenvalue weighted by Crippen LogP contribution is -2.42. The van der Waals surface area contributed by atoms with Crippen molar-refractivity contribution in [1.82, 2.24) is 15.3 Å². The molecule has 1 aromatic heterocycles. The molecule has 2 rings (SSSR count). The first-order valence-electron chi connectivity index (χ1n) is 5.22. The number of aromatic amines is 1. The van der Waals surface area contributed by atoms with Crippen molar-refractivity contribution in [3.05, 3.63) is 17.7 Å². The first-order valence-corrected chi connectivity index (χ1v) is 5.22. The van der Waals surface area contributed by atoms with Gasteiger partial charge in [0.2, 0.25) is 0 Å². The average molecular weight is 195 g/mol. The molecule has 2 N–H and O–H groups in total. The van der Waals surface area contributed by atoms with Gasteiger partial charge in [0.1, 0.15) is 5.82 Å². The van der Waals surface area contributed by atoms with Gasteiger partial charge in [0.15, 0.2) is 0 Å². The van der Waals surface area contributed by atoms with Crippen LogP contribution in [-0.4, -0.2) is 35.8 Å². The lowest BCUT2D eigenvalue weighted by Gasteiger charge is -2.22. The Labute approximate surface area is 84.1 Å². The number of H-pyrrole nitrogens is 1. The number of hydrogen-bond donors (Lipinski definition) is 2. The number of nitrogens with zero attached hydrogens (tertiary/aromatic N) is 1. The summed E-state index contributed by atoms with van der Waals surface area (Å²) in [4.78, 5) is 7.63. The molecule has 0 amide bonds. The fourth-order valence-electron chi connectivity index (χ4n) is 1.67. The Morgan fingerprint density at radius 2 is 2.57 bits per heavy atom. The van der Waals surface area contributed by atoms with Crippen molar-refractivity contribution >= 4 is 0 Å². The van der Waals surface area contributed by atoms with Gasteiger partial charge in [-0.25, -0.2) is 4.98 Å². The lowest BCUT2D eigenvalue weighted by molar-refractivity contribution is 0.0764. The van der Waals surface area contributed by atoms with Gasteiger partial charge < -0.3 is 15.0 Å². The summed E-state index contributed by atoms with van der Waals surface area (Å²) in [6.07, 6.45) is 3.86. The molecule has 78 valence electrons. The SMILES string of the molecule is CCc1cnc(CC2COCCN2)[nH]1. The summed E-state index contributed by atoms with van der Waals surface area (Å²) >= 11 is 0. The zero-order valence-corrected chi connectivity index (χ0v) is 8.55. The van der Waals surface area contributed by atoms with Gasteiger partial charge in [-0.2, -0.15) is 0 Å². The van der Waals surface area contributed by atoms with Crippen LogP contribution in [0.5, 0.6) is 0 Å². The normalized spacial score (nSPS) is 22.5. The molecule has 0 radical (unpaired) electrons. The van der Waals surface area contributed by atoms with Crippen molar-refractivity contribution in [1.29, 1.82) is 0 Å². The number of hydrogen-bond acceptors (Lipinski definition) is 3. The molecule has 1 aliphatic rings. The van der Waals surface area contributed by atoms with E-state index in [2.05, 4.69) is 22.2 Å². The molecule has 2 heterocycles. The van der Waals surface area contributed by atoms with Gasteiger partial charge in [-0.3, -0.25) is 0 Å². The lowest BCUT2D eigenvalue weighted by atomic mass is 10.2. The molecule has 1 fully saturated rings. The van der Waals surface area contributed by atoms with Crippen LogP contribution in [0.3, 0.4) is 0 Å². The molecule has 0 aliphatic carbocycles. The summed E-state index contributed by atoms with van der Waals surface area (Å²) < 4.78 is 5.38. The second kappa shape index (κ2) is 4.57. The van der Waals surface area contributed by atoms with Gasteiger partial charge in [0.05, 0.1) is 13.2 Å². The molecule has 0 spiro atoms. The molecule has 0 aromatic carbocycles. The maximum atomic E-state index is 5.38. The summed E-state index contributed by atoms with van der Waals surface area (Å²) in [5.74, 6) is 1.06. The third-order valence-electron chi connectivity index (χ3n) is 2.50. The average Bonchev–Trinajstić information content (AvgIpc) is 2.67. The zero-order chi connectivity index (χ0) is 9.80. The van der Waals surface area contributed by atoms with Crippen LogP contribution in [0.15, 0.2) is 6.20 Å². The highest BCUT2D eigenvalue weighted by molar-refractivity contribution is 5.02. The number of rotatable bonds is 3. The molecule has 1 saturated heterocycles. The molecule has 1 aliphatic heterocycles. The van der Waals surface area contributed by atoms with Crippen molar-refractivity contribution in [3.63, 3.8) is 0 Å². The van der Waals surface area contributed by atoms with E-state index in [9.17, 15) is 0 Å². The molecule has 1 aromatic rings. The topological polar surface area (TPSA) is 49.9 Å². The minimum absolute atomic E-state index is 0.416. The Kier molecular flexibility index (Phi) is 3.16. The first kappa shape index (κ1) is 9.68. The number of aryl methyl sites for hydroxylation is 1. The Bertz CT molecular complexity index is 279. The molecular weight excluding hydrogens is 178 g/mol. The Morgan fingerprint density at radius 3 is 3.21 bits per heavy atom. The second-order valence-corrected chi connectivity index (χ2v) is 3.64. The Hall–Kier alpha value is -0.870. The number of nitrogens with one attached hydrogen (secondary N) is 2. The maximum Gasteiger partial charge on any atom is 0.107 e. The smallest absolute Gasteiger partial charge is 0.107 e. The van der Waals surface area contributed by atoms with Crippen molar-refractivity contribution in [2.45, 2.75) is 25.8 Å². The predicted octanol–water partition coefficient (Wildman–Crippen LogP) is 0.503. The Balaban J connectivity index is 1.89. The fraction of sp³-hybridized carbons (Fsp3) is 0.700. The van der Waals surface area contributed by atoms with E-state index >= 15 is 0 Å². The molecule has 1 unspecified atom stereocenters. The van der Waals surface area contributed by atoms with Crippen molar-refractivity contribution in [2.24, 2.45) is 0 Å². The van der Waals surface area contributed by atoms with Crippen LogP contribution in [0.1, 0.15) is 18.4 Å². The predicted molar refractivity (Wildman–Crippen MR) is 54.3 cm³/mol. The van der Waals surface area contributed by atoms with Crippen molar-refractivity contribution in [2.75, 3.05) is 19.8 Å². The summed E-state index contributed by atoms with van der Waals surface area (Å²) in [6, 6.07) is 0.416. The zero-order valence-electron chi connectivity index (χ0n) is 8.55. The highest BCUT2D eigenvalue weighted by Gasteiger charge is 2.14. The first-order chi connectivity index (χ1) is 6.88. The van der Waals surface area contributed by atoms with Crippen LogP contribution in [-0.2, 0) is 17.6 Å². The van der Waals surface area contributed by atoms with Gasteiger partial charge in [0, 0.05) is 30.9 Å². The number of aromatic nitrogens is 2. The second-order valence-electron chi connectivity index (χ2n) is 3.64. The molecule has 4 nitrogen and oxygen atoms in total. The van der Waals surface area contributed by atoms with E-state index in [0.29, 0.717) is 6.04 Å². The molecule has 1 atom stereocenters. The van der Waals surface area contributed by atoms with E-state index in [1.54, 1.807) is 0 Å². The number of ether oxygens (including phenoxy) is 1. The van der Waals surface area contributed by atoms with Gasteiger partial charge in [0.25, 0.3) is 0 Å². The largest absolute Gasteiger partial charge is 0.379 e. The highest BCUT2D eigenvalue weighted by atomic mass is 16.5. The molecule has 0 bridgehead atoms. The van der Waals surface area contributed by atoms with Crippen LogP contribution in [0.4, 0.5) is 0 Å².